The molecular weight excluding hydrogens is 410 g/mol. The van der Waals surface area contributed by atoms with Crippen molar-refractivity contribution in [1.29, 1.82) is 0 Å². The highest BCUT2D eigenvalue weighted by Crippen LogP contribution is 2.42. The lowest BCUT2D eigenvalue weighted by Gasteiger charge is -2.13. The third kappa shape index (κ3) is 3.99. The molecule has 4 aromatic rings. The van der Waals surface area contributed by atoms with Crippen LogP contribution < -0.4 is 14.2 Å². The number of nitrogens with zero attached hydrogens (tertiary/aromatic N) is 1. The number of hydrogen-bond donors (Lipinski definition) is 0. The Kier molecular flexibility index (Phi) is 5.92. The molecule has 0 N–H and O–H groups in total. The van der Waals surface area contributed by atoms with Crippen molar-refractivity contribution in [1.82, 2.24) is 4.57 Å². The maximum atomic E-state index is 6.69. The summed E-state index contributed by atoms with van der Waals surface area (Å²) in [5.41, 5.74) is 6.31. The van der Waals surface area contributed by atoms with Crippen LogP contribution in [0.15, 0.2) is 72.8 Å². The first-order valence-electron chi connectivity index (χ1n) is 9.88. The molecule has 0 aliphatic rings. The normalized spacial score (nSPS) is 10.7. The minimum Gasteiger partial charge on any atom is -0.497 e. The van der Waals surface area contributed by atoms with Crippen LogP contribution in [0.2, 0.25) is 5.02 Å². The first kappa shape index (κ1) is 20.9. The Morgan fingerprint density at radius 1 is 0.613 bits per heavy atom. The van der Waals surface area contributed by atoms with Crippen LogP contribution in [0.25, 0.3) is 33.6 Å². The van der Waals surface area contributed by atoms with Gasteiger partial charge in [0.1, 0.15) is 17.2 Å². The molecule has 0 bridgehead atoms. The quantitative estimate of drug-likeness (QED) is 0.339. The molecular formula is C26H24ClNO3. The summed E-state index contributed by atoms with van der Waals surface area (Å²) in [6.07, 6.45) is 0. The van der Waals surface area contributed by atoms with Crippen LogP contribution in [-0.4, -0.2) is 25.9 Å². The van der Waals surface area contributed by atoms with Gasteiger partial charge in [-0.2, -0.15) is 0 Å². The molecule has 3 aromatic carbocycles. The fourth-order valence-electron chi connectivity index (χ4n) is 3.77. The third-order valence-electron chi connectivity index (χ3n) is 5.45. The van der Waals surface area contributed by atoms with Crippen molar-refractivity contribution in [2.75, 3.05) is 21.3 Å². The molecule has 0 spiro atoms. The van der Waals surface area contributed by atoms with E-state index in [1.807, 2.05) is 42.5 Å². The number of halogens is 1. The van der Waals surface area contributed by atoms with Crippen molar-refractivity contribution in [3.05, 3.63) is 77.8 Å². The molecule has 1 aromatic heterocycles. The zero-order valence-corrected chi connectivity index (χ0v) is 18.7. The van der Waals surface area contributed by atoms with Crippen molar-refractivity contribution in [3.63, 3.8) is 0 Å². The van der Waals surface area contributed by atoms with E-state index in [2.05, 4.69) is 41.9 Å². The first-order valence-corrected chi connectivity index (χ1v) is 10.3. The van der Waals surface area contributed by atoms with E-state index >= 15 is 0 Å². The predicted molar refractivity (Wildman–Crippen MR) is 126 cm³/mol. The molecule has 0 aliphatic heterocycles. The van der Waals surface area contributed by atoms with Crippen molar-refractivity contribution in [3.8, 4) is 50.9 Å². The lowest BCUT2D eigenvalue weighted by molar-refractivity contribution is 0.414. The molecule has 5 heteroatoms. The number of rotatable bonds is 6. The van der Waals surface area contributed by atoms with E-state index in [0.29, 0.717) is 5.02 Å². The molecule has 0 unspecified atom stereocenters. The van der Waals surface area contributed by atoms with Gasteiger partial charge >= 0.3 is 0 Å². The number of hydrogen-bond acceptors (Lipinski definition) is 3. The second-order valence-corrected chi connectivity index (χ2v) is 7.56. The molecule has 0 atom stereocenters. The van der Waals surface area contributed by atoms with Gasteiger partial charge in [0.2, 0.25) is 0 Å². The second-order valence-electron chi connectivity index (χ2n) is 7.15. The summed E-state index contributed by atoms with van der Waals surface area (Å²) in [5, 5.41) is 0.636. The lowest BCUT2D eigenvalue weighted by atomic mass is 10.0. The van der Waals surface area contributed by atoms with Crippen molar-refractivity contribution in [2.45, 2.75) is 0 Å². The van der Waals surface area contributed by atoms with Gasteiger partial charge in [0.25, 0.3) is 0 Å². The molecule has 4 rings (SSSR count). The number of benzene rings is 3. The Bertz CT molecular complexity index is 1190. The van der Waals surface area contributed by atoms with E-state index in [1.54, 1.807) is 21.3 Å². The van der Waals surface area contributed by atoms with Gasteiger partial charge in [-0.25, -0.2) is 0 Å². The Balaban J connectivity index is 1.93. The van der Waals surface area contributed by atoms with E-state index in [9.17, 15) is 0 Å². The van der Waals surface area contributed by atoms with Crippen LogP contribution in [-0.2, 0) is 7.05 Å². The van der Waals surface area contributed by atoms with Crippen LogP contribution in [0.3, 0.4) is 0 Å². The summed E-state index contributed by atoms with van der Waals surface area (Å²) >= 11 is 6.69. The molecule has 0 saturated carbocycles. The maximum Gasteiger partial charge on any atom is 0.120 e. The van der Waals surface area contributed by atoms with Gasteiger partial charge in [-0.05, 0) is 71.8 Å². The smallest absolute Gasteiger partial charge is 0.120 e. The average molecular weight is 434 g/mol. The standard InChI is InChI=1S/C26H24ClNO3/c1-28-25(18-7-11-20(30-3)12-8-18)16-23(17-5-9-19(29-2)10-6-17)26(28)22-14-13-21(31-4)15-24(22)27/h5-16H,1-4H3. The van der Waals surface area contributed by atoms with Gasteiger partial charge < -0.3 is 18.8 Å². The minimum atomic E-state index is 0.636. The van der Waals surface area contributed by atoms with E-state index in [-0.39, 0.29) is 0 Å². The van der Waals surface area contributed by atoms with E-state index < -0.39 is 0 Å². The summed E-state index contributed by atoms with van der Waals surface area (Å²) in [4.78, 5) is 0. The van der Waals surface area contributed by atoms with Gasteiger partial charge in [0.05, 0.1) is 32.0 Å². The van der Waals surface area contributed by atoms with E-state index in [4.69, 9.17) is 25.8 Å². The minimum absolute atomic E-state index is 0.636. The van der Waals surface area contributed by atoms with Gasteiger partial charge in [-0.15, -0.1) is 0 Å². The van der Waals surface area contributed by atoms with Crippen molar-refractivity contribution < 1.29 is 14.2 Å². The molecule has 158 valence electrons. The molecule has 1 heterocycles. The Morgan fingerprint density at radius 3 is 1.65 bits per heavy atom. The average Bonchev–Trinajstić information content (AvgIpc) is 3.15. The van der Waals surface area contributed by atoms with Crippen LogP contribution in [0.4, 0.5) is 0 Å². The lowest BCUT2D eigenvalue weighted by Crippen LogP contribution is -1.96. The monoisotopic (exact) mass is 433 g/mol. The molecule has 31 heavy (non-hydrogen) atoms. The van der Waals surface area contributed by atoms with Gasteiger partial charge in [0.15, 0.2) is 0 Å². The summed E-state index contributed by atoms with van der Waals surface area (Å²) in [6, 6.07) is 24.1. The maximum absolute atomic E-state index is 6.69. The molecule has 0 amide bonds. The highest BCUT2D eigenvalue weighted by Gasteiger charge is 2.19. The summed E-state index contributed by atoms with van der Waals surface area (Å²) in [5.74, 6) is 2.37. The first-order chi connectivity index (χ1) is 15.0. The summed E-state index contributed by atoms with van der Waals surface area (Å²) in [7, 11) is 7.03. The summed E-state index contributed by atoms with van der Waals surface area (Å²) in [6.45, 7) is 0. The van der Waals surface area contributed by atoms with Crippen LogP contribution >= 0.6 is 11.6 Å². The van der Waals surface area contributed by atoms with Gasteiger partial charge in [0, 0.05) is 23.9 Å². The highest BCUT2D eigenvalue weighted by molar-refractivity contribution is 6.33. The molecule has 0 aliphatic carbocycles. The van der Waals surface area contributed by atoms with Crippen LogP contribution in [0, 0.1) is 0 Å². The van der Waals surface area contributed by atoms with Gasteiger partial charge in [-0.3, -0.25) is 0 Å². The fraction of sp³-hybridized carbons (Fsp3) is 0.154. The summed E-state index contributed by atoms with van der Waals surface area (Å²) < 4.78 is 18.2. The molecule has 0 radical (unpaired) electrons. The molecule has 4 nitrogen and oxygen atoms in total. The third-order valence-corrected chi connectivity index (χ3v) is 5.76. The van der Waals surface area contributed by atoms with Crippen molar-refractivity contribution >= 4 is 11.6 Å². The van der Waals surface area contributed by atoms with Crippen LogP contribution in [0.5, 0.6) is 17.2 Å². The van der Waals surface area contributed by atoms with Crippen LogP contribution in [0.1, 0.15) is 0 Å². The molecule has 0 saturated heterocycles. The zero-order chi connectivity index (χ0) is 22.0. The fourth-order valence-corrected chi connectivity index (χ4v) is 4.03. The number of aromatic nitrogens is 1. The Labute approximate surface area is 187 Å². The van der Waals surface area contributed by atoms with Crippen molar-refractivity contribution in [2.24, 2.45) is 7.05 Å². The SMILES string of the molecule is COc1ccc(-c2cc(-c3ccc(OC)cc3)n(C)c2-c2ccc(OC)cc2Cl)cc1. The Hall–Kier alpha value is -3.37. The van der Waals surface area contributed by atoms with Gasteiger partial charge in [-0.1, -0.05) is 23.7 Å². The molecule has 0 fully saturated rings. The zero-order valence-electron chi connectivity index (χ0n) is 18.0. The van der Waals surface area contributed by atoms with E-state index in [1.165, 1.54) is 0 Å². The largest absolute Gasteiger partial charge is 0.497 e. The topological polar surface area (TPSA) is 32.6 Å². The number of methoxy groups -OCH3 is 3. The highest BCUT2D eigenvalue weighted by atomic mass is 35.5. The Morgan fingerprint density at radius 2 is 1.13 bits per heavy atom. The number of ether oxygens (including phenoxy) is 3. The second kappa shape index (κ2) is 8.78. The predicted octanol–water partition coefficient (Wildman–Crippen LogP) is 6.71. The van der Waals surface area contributed by atoms with E-state index in [0.717, 1.165) is 50.9 Å².